The minimum absolute atomic E-state index is 0.0320. The smallest absolute Gasteiger partial charge is 0.378 e. The van der Waals surface area contributed by atoms with Gasteiger partial charge in [-0.2, -0.15) is 13.2 Å². The molecule has 0 bridgehead atoms. The van der Waals surface area contributed by atoms with Gasteiger partial charge in [-0.25, -0.2) is 13.8 Å². The first-order chi connectivity index (χ1) is 9.29. The van der Waals surface area contributed by atoms with Gasteiger partial charge in [-0.1, -0.05) is 11.6 Å². The number of nitrogens with one attached hydrogen (secondary N) is 1. The van der Waals surface area contributed by atoms with Crippen LogP contribution < -0.4 is 5.32 Å². The van der Waals surface area contributed by atoms with E-state index < -0.39 is 29.1 Å². The van der Waals surface area contributed by atoms with Crippen LogP contribution in [0.15, 0.2) is 18.3 Å². The van der Waals surface area contributed by atoms with Gasteiger partial charge in [0, 0.05) is 11.1 Å². The van der Waals surface area contributed by atoms with Crippen LogP contribution in [0.5, 0.6) is 0 Å². The molecule has 2 rings (SSSR count). The van der Waals surface area contributed by atoms with Crippen molar-refractivity contribution in [2.45, 2.75) is 12.7 Å². The molecular formula is C11H6ClF5N2S. The molecule has 2 nitrogen and oxygen atoms in total. The van der Waals surface area contributed by atoms with Gasteiger partial charge >= 0.3 is 6.18 Å². The van der Waals surface area contributed by atoms with E-state index in [1.807, 2.05) is 0 Å². The van der Waals surface area contributed by atoms with Crippen molar-refractivity contribution in [3.8, 4) is 0 Å². The summed E-state index contributed by atoms with van der Waals surface area (Å²) in [5.74, 6) is -3.32. The van der Waals surface area contributed by atoms with E-state index in [1.54, 1.807) is 0 Å². The van der Waals surface area contributed by atoms with Crippen LogP contribution in [0.2, 0.25) is 4.47 Å². The summed E-state index contributed by atoms with van der Waals surface area (Å²) in [4.78, 5) is 4.34. The molecule has 20 heavy (non-hydrogen) atoms. The van der Waals surface area contributed by atoms with Gasteiger partial charge in [-0.05, 0) is 12.1 Å². The fraction of sp³-hybridized carbons (Fsp3) is 0.182. The highest BCUT2D eigenvalue weighted by Crippen LogP contribution is 2.36. The summed E-state index contributed by atoms with van der Waals surface area (Å²) >= 11 is 6.69. The standard InChI is InChI=1S/C11H6ClF5N2S/c12-10-19-4-5(20-10)3-18-7-2-1-6(13)8(9(7)14)11(15,16)17/h1-2,4,18H,3H2. The van der Waals surface area contributed by atoms with Crippen LogP contribution in [0.25, 0.3) is 0 Å². The summed E-state index contributed by atoms with van der Waals surface area (Å²) in [6, 6.07) is 1.47. The molecule has 1 aromatic carbocycles. The predicted octanol–water partition coefficient (Wildman–Crippen LogP) is 4.71. The Labute approximate surface area is 119 Å². The average molecular weight is 329 g/mol. The van der Waals surface area contributed by atoms with E-state index in [-0.39, 0.29) is 11.0 Å². The largest absolute Gasteiger partial charge is 0.422 e. The topological polar surface area (TPSA) is 24.9 Å². The van der Waals surface area contributed by atoms with Gasteiger partial charge in [-0.15, -0.1) is 11.3 Å². The van der Waals surface area contributed by atoms with Crippen molar-refractivity contribution in [2.24, 2.45) is 0 Å². The fourth-order valence-electron chi connectivity index (χ4n) is 1.50. The monoisotopic (exact) mass is 328 g/mol. The maximum Gasteiger partial charge on any atom is 0.422 e. The zero-order valence-corrected chi connectivity index (χ0v) is 11.1. The normalized spacial score (nSPS) is 11.7. The van der Waals surface area contributed by atoms with Gasteiger partial charge in [0.2, 0.25) is 0 Å². The highest BCUT2D eigenvalue weighted by atomic mass is 35.5. The third kappa shape index (κ3) is 3.18. The van der Waals surface area contributed by atoms with Gasteiger partial charge in [0.15, 0.2) is 10.3 Å². The van der Waals surface area contributed by atoms with Crippen molar-refractivity contribution < 1.29 is 22.0 Å². The Bertz CT molecular complexity index is 626. The van der Waals surface area contributed by atoms with Crippen molar-refractivity contribution >= 4 is 28.6 Å². The Morgan fingerprint density at radius 3 is 2.50 bits per heavy atom. The number of aromatic nitrogens is 1. The molecule has 0 amide bonds. The van der Waals surface area contributed by atoms with E-state index >= 15 is 0 Å². The first kappa shape index (κ1) is 15.0. The predicted molar refractivity (Wildman–Crippen MR) is 65.8 cm³/mol. The van der Waals surface area contributed by atoms with Crippen molar-refractivity contribution in [3.63, 3.8) is 0 Å². The van der Waals surface area contributed by atoms with Gasteiger partial charge < -0.3 is 5.32 Å². The molecule has 0 aliphatic rings. The summed E-state index contributed by atoms with van der Waals surface area (Å²) in [5.41, 5.74) is -2.35. The lowest BCUT2D eigenvalue weighted by Gasteiger charge is -2.13. The highest BCUT2D eigenvalue weighted by Gasteiger charge is 2.38. The minimum atomic E-state index is -5.10. The van der Waals surface area contributed by atoms with Crippen LogP contribution in [0.4, 0.5) is 27.6 Å². The number of anilines is 1. The van der Waals surface area contributed by atoms with E-state index in [0.29, 0.717) is 10.9 Å². The number of hydrogen-bond acceptors (Lipinski definition) is 3. The van der Waals surface area contributed by atoms with Crippen LogP contribution >= 0.6 is 22.9 Å². The molecule has 0 aliphatic carbocycles. The Balaban J connectivity index is 2.25. The second-order valence-corrected chi connectivity index (χ2v) is 5.41. The molecule has 0 fully saturated rings. The van der Waals surface area contributed by atoms with Gasteiger partial charge in [-0.3, -0.25) is 0 Å². The molecule has 0 saturated carbocycles. The Hall–Kier alpha value is -1.41. The SMILES string of the molecule is Fc1ccc(NCc2cnc(Cl)s2)c(F)c1C(F)(F)F. The molecule has 0 spiro atoms. The van der Waals surface area contributed by atoms with Gasteiger partial charge in [0.25, 0.3) is 0 Å². The lowest BCUT2D eigenvalue weighted by Crippen LogP contribution is -2.13. The number of thiazole rings is 1. The van der Waals surface area contributed by atoms with Crippen LogP contribution in [-0.4, -0.2) is 4.98 Å². The Kier molecular flexibility index (Phi) is 4.14. The highest BCUT2D eigenvalue weighted by molar-refractivity contribution is 7.15. The van der Waals surface area contributed by atoms with Crippen molar-refractivity contribution in [1.29, 1.82) is 0 Å². The van der Waals surface area contributed by atoms with E-state index in [2.05, 4.69) is 10.3 Å². The quantitative estimate of drug-likeness (QED) is 0.826. The van der Waals surface area contributed by atoms with E-state index in [9.17, 15) is 22.0 Å². The molecule has 1 N–H and O–H groups in total. The molecule has 1 aromatic heterocycles. The first-order valence-electron chi connectivity index (χ1n) is 5.18. The Morgan fingerprint density at radius 2 is 1.95 bits per heavy atom. The molecule has 0 atom stereocenters. The van der Waals surface area contributed by atoms with Crippen LogP contribution in [0.3, 0.4) is 0 Å². The first-order valence-corrected chi connectivity index (χ1v) is 6.37. The molecule has 0 saturated heterocycles. The van der Waals surface area contributed by atoms with Crippen LogP contribution in [-0.2, 0) is 12.7 Å². The third-order valence-electron chi connectivity index (χ3n) is 2.35. The average Bonchev–Trinajstić information content (AvgIpc) is 2.72. The van der Waals surface area contributed by atoms with Gasteiger partial charge in [0.05, 0.1) is 12.2 Å². The summed E-state index contributed by atoms with van der Waals surface area (Å²) in [6.45, 7) is 0.0320. The molecule has 108 valence electrons. The van der Waals surface area contributed by atoms with E-state index in [0.717, 1.165) is 17.4 Å². The maximum atomic E-state index is 13.7. The van der Waals surface area contributed by atoms with Crippen molar-refractivity contribution in [1.82, 2.24) is 4.98 Å². The number of nitrogens with zero attached hydrogens (tertiary/aromatic N) is 1. The number of benzene rings is 1. The molecule has 9 heteroatoms. The number of alkyl halides is 3. The molecule has 0 aliphatic heterocycles. The molecule has 1 heterocycles. The van der Waals surface area contributed by atoms with Crippen molar-refractivity contribution in [2.75, 3.05) is 5.32 Å². The summed E-state index contributed by atoms with van der Waals surface area (Å²) in [5, 5.41) is 2.45. The second-order valence-electron chi connectivity index (χ2n) is 3.71. The van der Waals surface area contributed by atoms with Crippen LogP contribution in [0, 0.1) is 11.6 Å². The minimum Gasteiger partial charge on any atom is -0.378 e. The summed E-state index contributed by atoms with van der Waals surface area (Å²) in [6.07, 6.45) is -3.69. The van der Waals surface area contributed by atoms with Crippen LogP contribution in [0.1, 0.15) is 10.4 Å². The zero-order chi connectivity index (χ0) is 14.9. The number of halogens is 6. The van der Waals surface area contributed by atoms with Crippen molar-refractivity contribution in [3.05, 3.63) is 44.9 Å². The lowest BCUT2D eigenvalue weighted by molar-refractivity contribution is -0.142. The third-order valence-corrected chi connectivity index (χ3v) is 3.47. The maximum absolute atomic E-state index is 13.7. The second kappa shape index (κ2) is 5.53. The van der Waals surface area contributed by atoms with E-state index in [4.69, 9.17) is 11.6 Å². The van der Waals surface area contributed by atoms with E-state index in [1.165, 1.54) is 6.20 Å². The summed E-state index contributed by atoms with van der Waals surface area (Å²) in [7, 11) is 0. The summed E-state index contributed by atoms with van der Waals surface area (Å²) < 4.78 is 64.6. The molecular weight excluding hydrogens is 323 g/mol. The number of hydrogen-bond donors (Lipinski definition) is 1. The Morgan fingerprint density at radius 1 is 1.25 bits per heavy atom. The molecule has 2 aromatic rings. The molecule has 0 radical (unpaired) electrons. The zero-order valence-electron chi connectivity index (χ0n) is 9.56. The number of rotatable bonds is 3. The van der Waals surface area contributed by atoms with Gasteiger partial charge in [0.1, 0.15) is 11.4 Å². The fourth-order valence-corrected chi connectivity index (χ4v) is 2.41. The lowest BCUT2D eigenvalue weighted by atomic mass is 10.1. The molecule has 0 unspecified atom stereocenters.